The van der Waals surface area contributed by atoms with Gasteiger partial charge in [0, 0.05) is 19.3 Å². The van der Waals surface area contributed by atoms with Crippen molar-refractivity contribution in [1.29, 1.82) is 0 Å². The van der Waals surface area contributed by atoms with Gasteiger partial charge in [-0.2, -0.15) is 0 Å². The zero-order valence-corrected chi connectivity index (χ0v) is 48.8. The van der Waals surface area contributed by atoms with Gasteiger partial charge in [0.2, 0.25) is 0 Å². The van der Waals surface area contributed by atoms with Gasteiger partial charge in [0.25, 0.3) is 0 Å². The summed E-state index contributed by atoms with van der Waals surface area (Å²) in [6.45, 7) is 6.49. The van der Waals surface area contributed by atoms with E-state index in [0.29, 0.717) is 19.3 Å². The highest BCUT2D eigenvalue weighted by Gasteiger charge is 2.19. The van der Waals surface area contributed by atoms with Gasteiger partial charge in [0.05, 0.1) is 0 Å². The van der Waals surface area contributed by atoms with Crippen LogP contribution >= 0.6 is 0 Å². The lowest BCUT2D eigenvalue weighted by atomic mass is 10.0. The van der Waals surface area contributed by atoms with Gasteiger partial charge in [-0.3, -0.25) is 14.4 Å². The molecule has 0 saturated heterocycles. The Labute approximate surface area is 458 Å². The Morgan fingerprint density at radius 2 is 0.527 bits per heavy atom. The smallest absolute Gasteiger partial charge is 0.306 e. The van der Waals surface area contributed by atoms with E-state index in [1.54, 1.807) is 0 Å². The van der Waals surface area contributed by atoms with Crippen LogP contribution in [0.3, 0.4) is 0 Å². The van der Waals surface area contributed by atoms with Crippen LogP contribution in [-0.4, -0.2) is 37.2 Å². The minimum absolute atomic E-state index is 0.0883. The van der Waals surface area contributed by atoms with E-state index in [-0.39, 0.29) is 31.1 Å². The lowest BCUT2D eigenvalue weighted by molar-refractivity contribution is -0.167. The number of allylic oxidation sites excluding steroid dienone is 14. The molecule has 6 heteroatoms. The van der Waals surface area contributed by atoms with Crippen LogP contribution < -0.4 is 0 Å². The Morgan fingerprint density at radius 1 is 0.284 bits per heavy atom. The SMILES string of the molecule is CC/C=C\C/C=C\C/C=C\CCCCCC(=O)OCC(COC(=O)CCCCCCCCCCCCCCCC/C=C\C/C=C\C/C=C\CCCCCCC)OC(=O)CCCCCCC/C=C\CCCCCCC. The van der Waals surface area contributed by atoms with Crippen LogP contribution in [0.2, 0.25) is 0 Å². The van der Waals surface area contributed by atoms with Crippen LogP contribution in [0.1, 0.15) is 310 Å². The molecular formula is C68H118O6. The van der Waals surface area contributed by atoms with Crippen LogP contribution in [0.5, 0.6) is 0 Å². The fourth-order valence-corrected chi connectivity index (χ4v) is 8.87. The summed E-state index contributed by atoms with van der Waals surface area (Å²) in [6.07, 6.45) is 81.7. The average molecular weight is 1030 g/mol. The number of ether oxygens (including phenoxy) is 3. The van der Waals surface area contributed by atoms with Gasteiger partial charge in [-0.05, 0) is 116 Å². The molecule has 0 aliphatic rings. The third-order valence-corrected chi connectivity index (χ3v) is 13.6. The standard InChI is InChI=1S/C68H118O6/c1-4-7-10-13-16-19-22-25-27-28-29-30-31-32-33-34-35-36-37-38-39-40-41-44-46-49-52-55-58-61-67(70)73-64-65(63-72-66(69)60-57-54-51-48-45-42-24-21-18-15-12-9-6-3)74-68(71)62-59-56-53-50-47-43-26-23-20-17-14-11-8-5-2/h9,12,18,21-23,25-26,28-29,31-32,42,45,65H,4-8,10-11,13-17,19-20,24,27,30,33-41,43-44,46-64H2,1-3H3/b12-9-,21-18-,25-22-,26-23-,29-28-,32-31-,45-42-. The molecule has 0 spiro atoms. The highest BCUT2D eigenvalue weighted by Crippen LogP contribution is 2.16. The highest BCUT2D eigenvalue weighted by molar-refractivity contribution is 5.71. The van der Waals surface area contributed by atoms with Gasteiger partial charge in [0.1, 0.15) is 13.2 Å². The molecule has 6 nitrogen and oxygen atoms in total. The van der Waals surface area contributed by atoms with E-state index in [2.05, 4.69) is 106 Å². The van der Waals surface area contributed by atoms with Gasteiger partial charge in [-0.15, -0.1) is 0 Å². The van der Waals surface area contributed by atoms with Crippen molar-refractivity contribution in [3.8, 4) is 0 Å². The monoisotopic (exact) mass is 1030 g/mol. The molecule has 0 saturated carbocycles. The molecule has 1 atom stereocenters. The summed E-state index contributed by atoms with van der Waals surface area (Å²) in [5, 5.41) is 0. The summed E-state index contributed by atoms with van der Waals surface area (Å²) in [4.78, 5) is 38.2. The quantitative estimate of drug-likeness (QED) is 0.0261. The maximum Gasteiger partial charge on any atom is 0.306 e. The van der Waals surface area contributed by atoms with Crippen LogP contribution in [0.15, 0.2) is 85.1 Å². The fraction of sp³-hybridized carbons (Fsp3) is 0.750. The minimum Gasteiger partial charge on any atom is -0.462 e. The predicted molar refractivity (Wildman–Crippen MR) is 321 cm³/mol. The van der Waals surface area contributed by atoms with Gasteiger partial charge < -0.3 is 14.2 Å². The van der Waals surface area contributed by atoms with Crippen molar-refractivity contribution in [2.45, 2.75) is 316 Å². The first-order chi connectivity index (χ1) is 36.5. The lowest BCUT2D eigenvalue weighted by Gasteiger charge is -2.18. The molecule has 74 heavy (non-hydrogen) atoms. The molecule has 0 N–H and O–H groups in total. The normalized spacial score (nSPS) is 12.6. The van der Waals surface area contributed by atoms with Crippen molar-refractivity contribution in [2.24, 2.45) is 0 Å². The summed E-state index contributed by atoms with van der Waals surface area (Å²) in [5.41, 5.74) is 0. The number of carbonyl (C=O) groups excluding carboxylic acids is 3. The van der Waals surface area contributed by atoms with Crippen molar-refractivity contribution in [3.05, 3.63) is 85.1 Å². The Hall–Kier alpha value is -3.41. The topological polar surface area (TPSA) is 78.9 Å². The molecular weight excluding hydrogens is 913 g/mol. The number of hydrogen-bond acceptors (Lipinski definition) is 6. The third kappa shape index (κ3) is 59.5. The molecule has 0 aliphatic heterocycles. The van der Waals surface area contributed by atoms with Crippen molar-refractivity contribution in [2.75, 3.05) is 13.2 Å². The van der Waals surface area contributed by atoms with Crippen LogP contribution in [0, 0.1) is 0 Å². The number of hydrogen-bond donors (Lipinski definition) is 0. The molecule has 0 aromatic carbocycles. The number of unbranched alkanes of at least 4 members (excludes halogenated alkanes) is 32. The Bertz CT molecular complexity index is 1420. The van der Waals surface area contributed by atoms with Gasteiger partial charge in [-0.25, -0.2) is 0 Å². The Morgan fingerprint density at radius 3 is 0.851 bits per heavy atom. The first kappa shape index (κ1) is 70.6. The van der Waals surface area contributed by atoms with E-state index in [0.717, 1.165) is 109 Å². The van der Waals surface area contributed by atoms with Crippen LogP contribution in [0.4, 0.5) is 0 Å². The van der Waals surface area contributed by atoms with E-state index in [1.165, 1.54) is 161 Å². The molecule has 0 radical (unpaired) electrons. The summed E-state index contributed by atoms with van der Waals surface area (Å²) in [5.74, 6) is -0.920. The first-order valence-corrected chi connectivity index (χ1v) is 31.6. The van der Waals surface area contributed by atoms with Crippen molar-refractivity contribution in [3.63, 3.8) is 0 Å². The molecule has 0 heterocycles. The second-order valence-electron chi connectivity index (χ2n) is 20.9. The van der Waals surface area contributed by atoms with Crippen LogP contribution in [-0.2, 0) is 28.6 Å². The molecule has 0 aromatic heterocycles. The maximum atomic E-state index is 12.9. The number of carbonyl (C=O) groups is 3. The summed E-state index contributed by atoms with van der Waals surface area (Å²) >= 11 is 0. The Kier molecular flexibility index (Phi) is 59.3. The predicted octanol–water partition coefficient (Wildman–Crippen LogP) is 21.5. The Balaban J connectivity index is 4.22. The molecule has 0 aromatic rings. The summed E-state index contributed by atoms with van der Waals surface area (Å²) in [7, 11) is 0. The second-order valence-corrected chi connectivity index (χ2v) is 20.9. The molecule has 0 aliphatic carbocycles. The van der Waals surface area contributed by atoms with Crippen molar-refractivity contribution in [1.82, 2.24) is 0 Å². The molecule has 0 bridgehead atoms. The van der Waals surface area contributed by atoms with Gasteiger partial charge >= 0.3 is 17.9 Å². The van der Waals surface area contributed by atoms with E-state index in [9.17, 15) is 14.4 Å². The van der Waals surface area contributed by atoms with E-state index in [1.807, 2.05) is 0 Å². The van der Waals surface area contributed by atoms with E-state index < -0.39 is 6.10 Å². The van der Waals surface area contributed by atoms with E-state index >= 15 is 0 Å². The molecule has 1 unspecified atom stereocenters. The molecule has 0 rings (SSSR count). The first-order valence-electron chi connectivity index (χ1n) is 31.6. The van der Waals surface area contributed by atoms with E-state index in [4.69, 9.17) is 14.2 Å². The zero-order chi connectivity index (χ0) is 53.6. The molecule has 0 amide bonds. The van der Waals surface area contributed by atoms with Gasteiger partial charge in [-0.1, -0.05) is 260 Å². The van der Waals surface area contributed by atoms with Gasteiger partial charge in [0.15, 0.2) is 6.10 Å². The third-order valence-electron chi connectivity index (χ3n) is 13.6. The van der Waals surface area contributed by atoms with Crippen molar-refractivity contribution < 1.29 is 28.6 Å². The molecule has 0 fully saturated rings. The largest absolute Gasteiger partial charge is 0.462 e. The summed E-state index contributed by atoms with van der Waals surface area (Å²) in [6, 6.07) is 0. The highest BCUT2D eigenvalue weighted by atomic mass is 16.6. The number of rotatable bonds is 57. The average Bonchev–Trinajstić information content (AvgIpc) is 3.40. The van der Waals surface area contributed by atoms with Crippen LogP contribution in [0.25, 0.3) is 0 Å². The fourth-order valence-electron chi connectivity index (χ4n) is 8.87. The maximum absolute atomic E-state index is 12.9. The summed E-state index contributed by atoms with van der Waals surface area (Å²) < 4.78 is 16.9. The lowest BCUT2D eigenvalue weighted by Crippen LogP contribution is -2.30. The minimum atomic E-state index is -0.793. The van der Waals surface area contributed by atoms with Crippen molar-refractivity contribution >= 4 is 17.9 Å². The number of esters is 3. The second kappa shape index (κ2) is 62.1. The molecule has 426 valence electrons. The zero-order valence-electron chi connectivity index (χ0n) is 48.8.